The van der Waals surface area contributed by atoms with Crippen molar-refractivity contribution in [1.29, 1.82) is 0 Å². The molecule has 292 valence electrons. The van der Waals surface area contributed by atoms with Crippen molar-refractivity contribution in [2.75, 3.05) is 45.3 Å². The third-order valence-electron chi connectivity index (χ3n) is 8.25. The zero-order valence-electron chi connectivity index (χ0n) is 30.3. The molecule has 0 radical (unpaired) electrons. The third kappa shape index (κ3) is 8.84. The molecule has 2 aromatic carbocycles. The number of fused-ring (bicyclic) bond motifs is 2. The van der Waals surface area contributed by atoms with Crippen LogP contribution in [-0.4, -0.2) is 86.9 Å². The molecule has 1 fully saturated rings. The van der Waals surface area contributed by atoms with Gasteiger partial charge in [-0.05, 0) is 80.4 Å². The monoisotopic (exact) mass is 864 g/mol. The lowest BCUT2D eigenvalue weighted by Gasteiger charge is -2.36. The minimum Gasteiger partial charge on any atom is -0.496 e. The zero-order valence-corrected chi connectivity index (χ0v) is 34.1. The molecule has 1 amide bonds. The lowest BCUT2D eigenvalue weighted by Crippen LogP contribution is -2.50. The SMILES string of the molecule is COc1cccc(F)c1-c1nc2nc(Cl)nc(Cl)c2cc1Cl.COc1cccc(F)c1-c1nc2nc(Cl)nc(N3CCN(C(=O)OC(C)(C)C)CC3)c2cc1Cl. The number of aromatic nitrogens is 6. The van der Waals surface area contributed by atoms with Crippen LogP contribution >= 0.6 is 58.0 Å². The Labute approximate surface area is 344 Å². The highest BCUT2D eigenvalue weighted by atomic mass is 35.5. The van der Waals surface area contributed by atoms with Crippen LogP contribution in [0, 0.1) is 11.6 Å². The van der Waals surface area contributed by atoms with Crippen LogP contribution in [-0.2, 0) is 4.74 Å². The largest absolute Gasteiger partial charge is 0.496 e. The molecule has 1 aliphatic rings. The van der Waals surface area contributed by atoms with Crippen molar-refractivity contribution in [1.82, 2.24) is 34.8 Å². The van der Waals surface area contributed by atoms with Crippen LogP contribution in [0.15, 0.2) is 48.5 Å². The van der Waals surface area contributed by atoms with Gasteiger partial charge in [-0.1, -0.05) is 46.9 Å². The third-order valence-corrected chi connectivity index (χ3v) is 9.46. The highest BCUT2D eigenvalue weighted by molar-refractivity contribution is 6.37. The van der Waals surface area contributed by atoms with Crippen LogP contribution in [0.3, 0.4) is 0 Å². The summed E-state index contributed by atoms with van der Waals surface area (Å²) < 4.78 is 44.8. The maximum absolute atomic E-state index is 14.7. The summed E-state index contributed by atoms with van der Waals surface area (Å²) in [6.07, 6.45) is -0.356. The Kier molecular flexibility index (Phi) is 12.4. The van der Waals surface area contributed by atoms with E-state index < -0.39 is 17.2 Å². The predicted molar refractivity (Wildman–Crippen MR) is 214 cm³/mol. The molecule has 0 aliphatic carbocycles. The van der Waals surface area contributed by atoms with Gasteiger partial charge in [-0.15, -0.1) is 0 Å². The Hall–Kier alpha value is -4.60. The first kappa shape index (κ1) is 41.0. The highest BCUT2D eigenvalue weighted by Crippen LogP contribution is 2.40. The molecule has 7 rings (SSSR count). The van der Waals surface area contributed by atoms with Gasteiger partial charge in [0, 0.05) is 26.2 Å². The molecule has 0 unspecified atom stereocenters. The number of pyridine rings is 2. The van der Waals surface area contributed by atoms with Gasteiger partial charge >= 0.3 is 6.09 Å². The number of hydrogen-bond acceptors (Lipinski definition) is 11. The van der Waals surface area contributed by atoms with Crippen LogP contribution in [0.5, 0.6) is 11.5 Å². The Bertz CT molecular complexity index is 2470. The molecule has 6 aromatic rings. The van der Waals surface area contributed by atoms with E-state index in [1.165, 1.54) is 38.5 Å². The van der Waals surface area contributed by atoms with Crippen molar-refractivity contribution in [3.05, 3.63) is 85.9 Å². The van der Waals surface area contributed by atoms with Crippen LogP contribution in [0.1, 0.15) is 20.8 Å². The molecule has 0 bridgehead atoms. The quantitative estimate of drug-likeness (QED) is 0.121. The number of hydrogen-bond donors (Lipinski definition) is 0. The molecule has 4 aromatic heterocycles. The second-order valence-corrected chi connectivity index (χ2v) is 14.9. The Morgan fingerprint density at radius 1 is 0.679 bits per heavy atom. The molecule has 12 nitrogen and oxygen atoms in total. The standard InChI is InChI=1S/C23H24Cl2FN5O3.C14H7Cl3FN3O/c1-23(2,3)34-22(32)31-10-8-30(9-11-31)20-13-12-14(24)18(27-19(13)28-21(25)29-20)17-15(26)6-5-7-16(17)33-4;1-22-9-4-2-3-8(18)10(9)11-7(15)5-6-12(16)20-14(17)21-13(6)19-11/h5-7,12H,8-11H2,1-4H3;2-5H,1H3. The average Bonchev–Trinajstić information content (AvgIpc) is 3.14. The Morgan fingerprint density at radius 2 is 1.16 bits per heavy atom. The van der Waals surface area contributed by atoms with E-state index in [0.29, 0.717) is 54.3 Å². The molecular weight excluding hydrogens is 836 g/mol. The van der Waals surface area contributed by atoms with Gasteiger partial charge in [0.1, 0.15) is 39.7 Å². The summed E-state index contributed by atoms with van der Waals surface area (Å²) in [5.74, 6) is 0.110. The maximum atomic E-state index is 14.7. The molecule has 0 spiro atoms. The number of nitrogens with zero attached hydrogens (tertiary/aromatic N) is 8. The zero-order chi connectivity index (χ0) is 40.5. The van der Waals surface area contributed by atoms with E-state index in [1.54, 1.807) is 29.2 Å². The molecule has 0 N–H and O–H groups in total. The lowest BCUT2D eigenvalue weighted by molar-refractivity contribution is 0.0240. The molecule has 56 heavy (non-hydrogen) atoms. The average molecular weight is 867 g/mol. The summed E-state index contributed by atoms with van der Waals surface area (Å²) >= 11 is 30.8. The minimum absolute atomic E-state index is 0.00153. The Morgan fingerprint density at radius 3 is 1.66 bits per heavy atom. The summed E-state index contributed by atoms with van der Waals surface area (Å²) in [6, 6.07) is 12.1. The number of anilines is 1. The number of rotatable bonds is 5. The van der Waals surface area contributed by atoms with Crippen molar-refractivity contribution in [3.8, 4) is 34.0 Å². The number of benzene rings is 2. The van der Waals surface area contributed by atoms with Gasteiger partial charge < -0.3 is 24.0 Å². The number of carbonyl (C=O) groups is 1. The van der Waals surface area contributed by atoms with Gasteiger partial charge in [0.25, 0.3) is 0 Å². The van der Waals surface area contributed by atoms with Gasteiger partial charge in [-0.3, -0.25) is 0 Å². The van der Waals surface area contributed by atoms with E-state index in [1.807, 2.05) is 25.7 Å². The fraction of sp³-hybridized carbons (Fsp3) is 0.270. The molecule has 1 aliphatic heterocycles. The first-order valence-electron chi connectivity index (χ1n) is 16.7. The van der Waals surface area contributed by atoms with Crippen molar-refractivity contribution in [2.45, 2.75) is 26.4 Å². The molecule has 0 saturated carbocycles. The van der Waals surface area contributed by atoms with E-state index in [4.69, 9.17) is 72.2 Å². The molecule has 1 saturated heterocycles. The van der Waals surface area contributed by atoms with E-state index in [-0.39, 0.29) is 65.7 Å². The van der Waals surface area contributed by atoms with Crippen molar-refractivity contribution in [2.24, 2.45) is 0 Å². The van der Waals surface area contributed by atoms with Gasteiger partial charge in [-0.2, -0.15) is 15.0 Å². The van der Waals surface area contributed by atoms with Gasteiger partial charge in [0.2, 0.25) is 10.6 Å². The maximum Gasteiger partial charge on any atom is 0.410 e. The van der Waals surface area contributed by atoms with E-state index in [0.717, 1.165) is 0 Å². The molecule has 5 heterocycles. The fourth-order valence-corrected chi connectivity index (χ4v) is 6.87. The minimum atomic E-state index is -0.564. The number of piperazine rings is 1. The second-order valence-electron chi connectivity index (χ2n) is 13.1. The summed E-state index contributed by atoms with van der Waals surface area (Å²) in [4.78, 5) is 41.2. The molecule has 19 heteroatoms. The summed E-state index contributed by atoms with van der Waals surface area (Å²) in [6.45, 7) is 7.39. The van der Waals surface area contributed by atoms with Crippen LogP contribution < -0.4 is 14.4 Å². The molecular formula is C37H31Cl5F2N8O4. The number of ether oxygens (including phenoxy) is 3. The first-order valence-corrected chi connectivity index (χ1v) is 18.6. The number of halogens is 7. The number of methoxy groups -OCH3 is 2. The smallest absolute Gasteiger partial charge is 0.410 e. The summed E-state index contributed by atoms with van der Waals surface area (Å²) in [5.41, 5.74) is 0.589. The van der Waals surface area contributed by atoms with Crippen molar-refractivity contribution < 1.29 is 27.8 Å². The lowest BCUT2D eigenvalue weighted by atomic mass is 10.1. The van der Waals surface area contributed by atoms with Gasteiger partial charge in [-0.25, -0.2) is 28.5 Å². The first-order chi connectivity index (χ1) is 26.6. The predicted octanol–water partition coefficient (Wildman–Crippen LogP) is 10.0. The van der Waals surface area contributed by atoms with Crippen molar-refractivity contribution >= 4 is 92.0 Å². The van der Waals surface area contributed by atoms with Crippen molar-refractivity contribution in [3.63, 3.8) is 0 Å². The summed E-state index contributed by atoms with van der Waals surface area (Å²) in [7, 11) is 2.88. The van der Waals surface area contributed by atoms with Crippen LogP contribution in [0.4, 0.5) is 19.4 Å². The summed E-state index contributed by atoms with van der Waals surface area (Å²) in [5, 5.41) is 1.47. The normalized spacial score (nSPS) is 13.1. The van der Waals surface area contributed by atoms with Gasteiger partial charge in [0.05, 0.1) is 57.6 Å². The second kappa shape index (κ2) is 16.9. The Balaban J connectivity index is 0.000000208. The van der Waals surface area contributed by atoms with E-state index in [9.17, 15) is 13.6 Å². The topological polar surface area (TPSA) is 129 Å². The number of carbonyl (C=O) groups excluding carboxylic acids is 1. The number of amides is 1. The van der Waals surface area contributed by atoms with E-state index >= 15 is 0 Å². The molecule has 0 atom stereocenters. The highest BCUT2D eigenvalue weighted by Gasteiger charge is 2.28. The van der Waals surface area contributed by atoms with Crippen LogP contribution in [0.2, 0.25) is 25.8 Å². The fourth-order valence-electron chi connectivity index (χ4n) is 5.79. The van der Waals surface area contributed by atoms with Gasteiger partial charge in [0.15, 0.2) is 11.3 Å². The van der Waals surface area contributed by atoms with Crippen LogP contribution in [0.25, 0.3) is 44.6 Å². The van der Waals surface area contributed by atoms with E-state index in [2.05, 4.69) is 29.9 Å².